The molecule has 1 aliphatic heterocycles. The molecule has 4 rings (SSSR count). The number of ether oxygens (including phenoxy) is 2. The first-order valence-corrected chi connectivity index (χ1v) is 14.0. The molecule has 1 fully saturated rings. The summed E-state index contributed by atoms with van der Waals surface area (Å²) in [6, 6.07) is 21.6. The summed E-state index contributed by atoms with van der Waals surface area (Å²) >= 11 is 0. The van der Waals surface area contributed by atoms with Crippen LogP contribution in [-0.2, 0) is 24.3 Å². The first kappa shape index (κ1) is 27.9. The summed E-state index contributed by atoms with van der Waals surface area (Å²) in [5.74, 6) is -1.32. The van der Waals surface area contributed by atoms with E-state index in [0.29, 0.717) is 24.6 Å². The summed E-state index contributed by atoms with van der Waals surface area (Å²) in [7, 11) is -4.00. The Balaban J connectivity index is 1.41. The molecule has 10 heteroatoms. The van der Waals surface area contributed by atoms with Crippen molar-refractivity contribution < 1.29 is 27.5 Å². The molecule has 0 bridgehead atoms. The van der Waals surface area contributed by atoms with Gasteiger partial charge >= 0.3 is 5.97 Å². The maximum Gasteiger partial charge on any atom is 0.338 e. The van der Waals surface area contributed by atoms with Gasteiger partial charge in [0.25, 0.3) is 15.9 Å². The number of sulfonamides is 1. The van der Waals surface area contributed by atoms with Crippen LogP contribution in [0.15, 0.2) is 96.4 Å². The molecular weight excluding hydrogens is 518 g/mol. The Morgan fingerprint density at radius 2 is 1.74 bits per heavy atom. The van der Waals surface area contributed by atoms with Gasteiger partial charge in [0.2, 0.25) is 0 Å². The van der Waals surface area contributed by atoms with E-state index < -0.39 is 28.0 Å². The summed E-state index contributed by atoms with van der Waals surface area (Å²) in [6.07, 6.45) is 0.373. The maximum absolute atomic E-state index is 13.4. The van der Waals surface area contributed by atoms with Crippen LogP contribution in [0.2, 0.25) is 0 Å². The third-order valence-corrected chi connectivity index (χ3v) is 7.95. The third-order valence-electron chi connectivity index (χ3n) is 6.16. The normalized spacial score (nSPS) is 14.2. The Hall–Kier alpha value is -4.15. The van der Waals surface area contributed by atoms with Crippen molar-refractivity contribution in [3.63, 3.8) is 0 Å². The van der Waals surface area contributed by atoms with E-state index in [2.05, 4.69) is 16.8 Å². The quantitative estimate of drug-likeness (QED) is 0.300. The van der Waals surface area contributed by atoms with E-state index in [1.54, 1.807) is 42.5 Å². The highest BCUT2D eigenvalue weighted by Crippen LogP contribution is 2.25. The van der Waals surface area contributed by atoms with Crippen LogP contribution in [-0.4, -0.2) is 59.2 Å². The van der Waals surface area contributed by atoms with Gasteiger partial charge < -0.3 is 19.7 Å². The molecule has 1 aliphatic rings. The second kappa shape index (κ2) is 12.6. The monoisotopic (exact) mass is 549 g/mol. The molecule has 9 nitrogen and oxygen atoms in total. The van der Waals surface area contributed by atoms with Gasteiger partial charge in [-0.1, -0.05) is 30.3 Å². The van der Waals surface area contributed by atoms with Gasteiger partial charge in [0.05, 0.1) is 35.9 Å². The second-order valence-corrected chi connectivity index (χ2v) is 10.7. The molecule has 1 N–H and O–H groups in total. The lowest BCUT2D eigenvalue weighted by atomic mass is 10.2. The van der Waals surface area contributed by atoms with E-state index in [0.717, 1.165) is 18.8 Å². The molecule has 0 radical (unpaired) electrons. The lowest BCUT2D eigenvalue weighted by Gasteiger charge is -2.28. The molecule has 3 aromatic carbocycles. The Bertz CT molecular complexity index is 1400. The van der Waals surface area contributed by atoms with Crippen molar-refractivity contribution in [3.8, 4) is 0 Å². The lowest BCUT2D eigenvalue weighted by Crippen LogP contribution is -2.36. The SMILES string of the molecule is C=CCN(c1ccccc1)S(=O)(=O)c1cccc(C(=O)O[C@H](C)C(=O)Nc2ccc(N3CCOCC3)cc2)c1. The van der Waals surface area contributed by atoms with E-state index in [-0.39, 0.29) is 17.0 Å². The van der Waals surface area contributed by atoms with E-state index in [4.69, 9.17) is 9.47 Å². The minimum Gasteiger partial charge on any atom is -0.449 e. The molecule has 1 amide bonds. The highest BCUT2D eigenvalue weighted by Gasteiger charge is 2.26. The van der Waals surface area contributed by atoms with Crippen molar-refractivity contribution >= 4 is 39.0 Å². The topological polar surface area (TPSA) is 105 Å². The first-order valence-electron chi connectivity index (χ1n) is 12.5. The highest BCUT2D eigenvalue weighted by molar-refractivity contribution is 7.92. The van der Waals surface area contributed by atoms with Crippen LogP contribution in [0, 0.1) is 0 Å². The minimum absolute atomic E-state index is 0.0113. The number of benzene rings is 3. The number of morpholine rings is 1. The van der Waals surface area contributed by atoms with Crippen LogP contribution in [0.3, 0.4) is 0 Å². The van der Waals surface area contributed by atoms with E-state index in [9.17, 15) is 18.0 Å². The van der Waals surface area contributed by atoms with Crippen LogP contribution in [0.5, 0.6) is 0 Å². The van der Waals surface area contributed by atoms with Crippen molar-refractivity contribution in [2.24, 2.45) is 0 Å². The molecule has 3 aromatic rings. The Morgan fingerprint density at radius 3 is 2.41 bits per heavy atom. The summed E-state index contributed by atoms with van der Waals surface area (Å²) < 4.78 is 38.7. The van der Waals surface area contributed by atoms with Crippen molar-refractivity contribution in [1.29, 1.82) is 0 Å². The first-order chi connectivity index (χ1) is 18.8. The average molecular weight is 550 g/mol. The van der Waals surface area contributed by atoms with Crippen LogP contribution >= 0.6 is 0 Å². The molecule has 0 unspecified atom stereocenters. The number of amides is 1. The second-order valence-electron chi connectivity index (χ2n) is 8.87. The number of rotatable bonds is 10. The molecule has 0 spiro atoms. The number of nitrogens with one attached hydrogen (secondary N) is 1. The largest absolute Gasteiger partial charge is 0.449 e. The summed E-state index contributed by atoms with van der Waals surface area (Å²) in [6.45, 7) is 8.13. The fourth-order valence-corrected chi connectivity index (χ4v) is 5.55. The van der Waals surface area contributed by atoms with Gasteiger partial charge in [0, 0.05) is 24.5 Å². The molecule has 39 heavy (non-hydrogen) atoms. The zero-order valence-corrected chi connectivity index (χ0v) is 22.5. The van der Waals surface area contributed by atoms with Crippen molar-refractivity contribution in [1.82, 2.24) is 0 Å². The Kier molecular flexibility index (Phi) is 9.00. The van der Waals surface area contributed by atoms with Crippen LogP contribution in [0.1, 0.15) is 17.3 Å². The number of anilines is 3. The number of hydrogen-bond acceptors (Lipinski definition) is 7. The van der Waals surface area contributed by atoms with Gasteiger partial charge in [-0.05, 0) is 61.5 Å². The molecule has 0 saturated carbocycles. The predicted octanol–water partition coefficient (Wildman–Crippen LogP) is 4.09. The van der Waals surface area contributed by atoms with Gasteiger partial charge in [-0.3, -0.25) is 9.10 Å². The lowest BCUT2D eigenvalue weighted by molar-refractivity contribution is -0.123. The van der Waals surface area contributed by atoms with E-state index in [1.165, 1.54) is 41.6 Å². The van der Waals surface area contributed by atoms with Gasteiger partial charge in [0.1, 0.15) is 0 Å². The smallest absolute Gasteiger partial charge is 0.338 e. The number of para-hydroxylation sites is 1. The summed E-state index contributed by atoms with van der Waals surface area (Å²) in [4.78, 5) is 27.6. The van der Waals surface area contributed by atoms with Crippen molar-refractivity contribution in [2.45, 2.75) is 17.9 Å². The van der Waals surface area contributed by atoms with Crippen LogP contribution in [0.4, 0.5) is 17.1 Å². The number of carbonyl (C=O) groups excluding carboxylic acids is 2. The number of carbonyl (C=O) groups is 2. The molecule has 0 aromatic heterocycles. The predicted molar refractivity (Wildman–Crippen MR) is 151 cm³/mol. The van der Waals surface area contributed by atoms with Gasteiger partial charge in [0.15, 0.2) is 6.10 Å². The Labute approximate surface area is 228 Å². The molecule has 0 aliphatic carbocycles. The van der Waals surface area contributed by atoms with Gasteiger partial charge in [-0.2, -0.15) is 0 Å². The van der Waals surface area contributed by atoms with Gasteiger partial charge in [-0.25, -0.2) is 13.2 Å². The average Bonchev–Trinajstić information content (AvgIpc) is 2.97. The van der Waals surface area contributed by atoms with Crippen molar-refractivity contribution in [3.05, 3.63) is 97.1 Å². The zero-order valence-electron chi connectivity index (χ0n) is 21.7. The standard InChI is InChI=1S/C29H31N3O6S/c1-3-16-32(26-9-5-4-6-10-26)39(35,36)27-11-7-8-23(21-27)29(34)38-22(2)28(33)30-24-12-14-25(15-13-24)31-17-19-37-20-18-31/h3-15,21-22H,1,16-20H2,2H3,(H,30,33)/t22-/m1/s1. The van der Waals surface area contributed by atoms with Gasteiger partial charge in [-0.15, -0.1) is 6.58 Å². The fraction of sp³-hybridized carbons (Fsp3) is 0.241. The molecule has 1 heterocycles. The van der Waals surface area contributed by atoms with Crippen molar-refractivity contribution in [2.75, 3.05) is 47.4 Å². The Morgan fingerprint density at radius 1 is 1.05 bits per heavy atom. The molecule has 1 saturated heterocycles. The number of hydrogen-bond donors (Lipinski definition) is 1. The van der Waals surface area contributed by atoms with Crippen LogP contribution in [0.25, 0.3) is 0 Å². The number of esters is 1. The molecule has 204 valence electrons. The highest BCUT2D eigenvalue weighted by atomic mass is 32.2. The van der Waals surface area contributed by atoms with Crippen LogP contribution < -0.4 is 14.5 Å². The maximum atomic E-state index is 13.4. The molecule has 1 atom stereocenters. The fourth-order valence-electron chi connectivity index (χ4n) is 4.07. The summed E-state index contributed by atoms with van der Waals surface area (Å²) in [5, 5.41) is 2.74. The van der Waals surface area contributed by atoms with E-state index in [1.807, 2.05) is 12.1 Å². The summed E-state index contributed by atoms with van der Waals surface area (Å²) in [5.41, 5.74) is 2.08. The molecular formula is C29H31N3O6S. The number of nitrogens with zero attached hydrogens (tertiary/aromatic N) is 2. The third kappa shape index (κ3) is 6.84. The minimum atomic E-state index is -4.00. The van der Waals surface area contributed by atoms with E-state index >= 15 is 0 Å². The zero-order chi connectivity index (χ0) is 27.8.